The predicted molar refractivity (Wildman–Crippen MR) is 76.4 cm³/mol. The largest absolute Gasteiger partial charge is 0.497 e. The van der Waals surface area contributed by atoms with Crippen LogP contribution < -0.4 is 15.3 Å². The standard InChI is InChI=1S/C15H14F3OP/c1-11-3-7-13(8-4-11)20(15(16,17)18)14-9-5-12(19-2)6-10-14/h3-10H,1-2H3. The Morgan fingerprint density at radius 1 is 0.850 bits per heavy atom. The van der Waals surface area contributed by atoms with E-state index in [0.717, 1.165) is 5.56 Å². The highest BCUT2D eigenvalue weighted by Gasteiger charge is 2.41. The van der Waals surface area contributed by atoms with Gasteiger partial charge >= 0.3 is 5.92 Å². The van der Waals surface area contributed by atoms with Gasteiger partial charge in [-0.2, -0.15) is 13.2 Å². The summed E-state index contributed by atoms with van der Waals surface area (Å²) in [5.74, 6) is -3.71. The Morgan fingerprint density at radius 2 is 1.30 bits per heavy atom. The summed E-state index contributed by atoms with van der Waals surface area (Å²) in [6.07, 6.45) is 0. The van der Waals surface area contributed by atoms with E-state index in [9.17, 15) is 13.2 Å². The van der Waals surface area contributed by atoms with Crippen LogP contribution >= 0.6 is 7.92 Å². The number of hydrogen-bond donors (Lipinski definition) is 0. The van der Waals surface area contributed by atoms with Gasteiger partial charge in [-0.05, 0) is 29.7 Å². The summed E-state index contributed by atoms with van der Waals surface area (Å²) in [6, 6.07) is 12.6. The van der Waals surface area contributed by atoms with Gasteiger partial charge in [-0.15, -0.1) is 0 Å². The number of hydrogen-bond acceptors (Lipinski definition) is 1. The molecule has 5 heteroatoms. The highest BCUT2D eigenvalue weighted by molar-refractivity contribution is 7.73. The van der Waals surface area contributed by atoms with Crippen LogP contribution in [-0.4, -0.2) is 13.0 Å². The molecule has 0 radical (unpaired) electrons. The molecule has 0 amide bonds. The molecule has 1 nitrogen and oxygen atoms in total. The third-order valence-corrected chi connectivity index (χ3v) is 5.01. The Labute approximate surface area is 117 Å². The minimum atomic E-state index is -4.26. The Kier molecular flexibility index (Phi) is 4.34. The van der Waals surface area contributed by atoms with Gasteiger partial charge in [-0.1, -0.05) is 42.0 Å². The van der Waals surface area contributed by atoms with Crippen LogP contribution in [0.15, 0.2) is 48.5 Å². The molecule has 0 aliphatic heterocycles. The minimum absolute atomic E-state index is 0.275. The van der Waals surface area contributed by atoms with Crippen molar-refractivity contribution in [1.29, 1.82) is 0 Å². The van der Waals surface area contributed by atoms with Gasteiger partial charge in [0.1, 0.15) is 5.75 Å². The van der Waals surface area contributed by atoms with Crippen molar-refractivity contribution in [3.05, 3.63) is 54.1 Å². The normalized spacial score (nSPS) is 13.1. The second-order valence-electron chi connectivity index (χ2n) is 4.34. The average Bonchev–Trinajstić information content (AvgIpc) is 2.41. The zero-order valence-electron chi connectivity index (χ0n) is 11.1. The predicted octanol–water partition coefficient (Wildman–Crippen LogP) is 3.96. The second kappa shape index (κ2) is 5.84. The molecule has 0 fully saturated rings. The molecule has 106 valence electrons. The lowest BCUT2D eigenvalue weighted by Crippen LogP contribution is -2.23. The van der Waals surface area contributed by atoms with E-state index in [-0.39, 0.29) is 5.30 Å². The molecule has 1 unspecified atom stereocenters. The van der Waals surface area contributed by atoms with Gasteiger partial charge in [0.05, 0.1) is 15.0 Å². The average molecular weight is 298 g/mol. The van der Waals surface area contributed by atoms with E-state index in [1.807, 2.05) is 6.92 Å². The molecule has 0 aliphatic rings. The molecular weight excluding hydrogens is 284 g/mol. The van der Waals surface area contributed by atoms with Crippen LogP contribution in [0.25, 0.3) is 0 Å². The Balaban J connectivity index is 2.44. The summed E-state index contributed by atoms with van der Waals surface area (Å²) < 4.78 is 45.1. The lowest BCUT2D eigenvalue weighted by Gasteiger charge is -2.21. The van der Waals surface area contributed by atoms with Crippen molar-refractivity contribution in [2.45, 2.75) is 12.8 Å². The molecule has 0 saturated heterocycles. The van der Waals surface area contributed by atoms with Crippen molar-refractivity contribution in [2.75, 3.05) is 7.11 Å². The fourth-order valence-electron chi connectivity index (χ4n) is 1.87. The fraction of sp³-hybridized carbons (Fsp3) is 0.200. The van der Waals surface area contributed by atoms with Gasteiger partial charge in [0.25, 0.3) is 0 Å². The van der Waals surface area contributed by atoms with Crippen LogP contribution in [0.4, 0.5) is 13.2 Å². The molecule has 2 aromatic carbocycles. The van der Waals surface area contributed by atoms with Crippen LogP contribution in [-0.2, 0) is 0 Å². The SMILES string of the molecule is COc1ccc(P(c2ccc(C)cc2)C(F)(F)F)cc1. The van der Waals surface area contributed by atoms with Crippen LogP contribution in [0.1, 0.15) is 5.56 Å². The van der Waals surface area contributed by atoms with Gasteiger partial charge in [0, 0.05) is 0 Å². The van der Waals surface area contributed by atoms with Crippen LogP contribution in [0.2, 0.25) is 0 Å². The van der Waals surface area contributed by atoms with E-state index < -0.39 is 13.8 Å². The summed E-state index contributed by atoms with van der Waals surface area (Å²) >= 11 is 0. The number of benzene rings is 2. The van der Waals surface area contributed by atoms with E-state index in [4.69, 9.17) is 4.74 Å². The quantitative estimate of drug-likeness (QED) is 0.779. The Hall–Kier alpha value is -1.54. The van der Waals surface area contributed by atoms with Crippen molar-refractivity contribution in [3.63, 3.8) is 0 Å². The van der Waals surface area contributed by atoms with Gasteiger partial charge in [0.2, 0.25) is 0 Å². The van der Waals surface area contributed by atoms with Crippen LogP contribution in [0.5, 0.6) is 5.75 Å². The summed E-state index contributed by atoms with van der Waals surface area (Å²) in [7, 11) is -0.890. The molecular formula is C15H14F3OP. The van der Waals surface area contributed by atoms with Gasteiger partial charge in [-0.25, -0.2) is 0 Å². The number of halogens is 3. The van der Waals surface area contributed by atoms with E-state index in [1.54, 1.807) is 36.4 Å². The maximum atomic E-state index is 13.4. The third-order valence-electron chi connectivity index (χ3n) is 2.88. The van der Waals surface area contributed by atoms with Gasteiger partial charge < -0.3 is 4.74 Å². The zero-order chi connectivity index (χ0) is 14.8. The van der Waals surface area contributed by atoms with Crippen molar-refractivity contribution in [2.24, 2.45) is 0 Å². The lowest BCUT2D eigenvalue weighted by molar-refractivity contribution is -0.0379. The van der Waals surface area contributed by atoms with E-state index in [2.05, 4.69) is 0 Å². The first-order chi connectivity index (χ1) is 9.41. The monoisotopic (exact) mass is 298 g/mol. The number of aryl methyl sites for hydroxylation is 1. The van der Waals surface area contributed by atoms with Crippen molar-refractivity contribution < 1.29 is 17.9 Å². The van der Waals surface area contributed by atoms with Gasteiger partial charge in [-0.3, -0.25) is 0 Å². The maximum Gasteiger partial charge on any atom is 0.413 e. The molecule has 2 aromatic rings. The molecule has 2 rings (SSSR count). The van der Waals surface area contributed by atoms with E-state index in [0.29, 0.717) is 11.1 Å². The van der Waals surface area contributed by atoms with E-state index >= 15 is 0 Å². The van der Waals surface area contributed by atoms with Crippen molar-refractivity contribution >= 4 is 18.5 Å². The van der Waals surface area contributed by atoms with Crippen LogP contribution in [0.3, 0.4) is 0 Å². The number of alkyl halides is 3. The zero-order valence-corrected chi connectivity index (χ0v) is 12.0. The lowest BCUT2D eigenvalue weighted by atomic mass is 10.2. The second-order valence-corrected chi connectivity index (χ2v) is 6.55. The van der Waals surface area contributed by atoms with Crippen molar-refractivity contribution in [3.8, 4) is 5.75 Å². The highest BCUT2D eigenvalue weighted by atomic mass is 31.1. The number of rotatable bonds is 3. The first-order valence-electron chi connectivity index (χ1n) is 5.99. The summed E-state index contributed by atoms with van der Waals surface area (Å²) in [6.45, 7) is 1.85. The molecule has 0 heterocycles. The Bertz CT molecular complexity index is 561. The summed E-state index contributed by atoms with van der Waals surface area (Å²) in [4.78, 5) is 0. The van der Waals surface area contributed by atoms with Crippen LogP contribution in [0, 0.1) is 6.92 Å². The maximum absolute atomic E-state index is 13.4. The minimum Gasteiger partial charge on any atom is -0.497 e. The molecule has 0 aromatic heterocycles. The number of methoxy groups -OCH3 is 1. The molecule has 0 bridgehead atoms. The topological polar surface area (TPSA) is 9.23 Å². The fourth-order valence-corrected chi connectivity index (χ4v) is 3.65. The molecule has 0 saturated carbocycles. The molecule has 0 N–H and O–H groups in total. The highest BCUT2D eigenvalue weighted by Crippen LogP contribution is 2.51. The molecule has 1 atom stereocenters. The molecule has 0 spiro atoms. The first-order valence-corrected chi connectivity index (χ1v) is 7.33. The summed E-state index contributed by atoms with van der Waals surface area (Å²) in [5, 5.41) is 0.584. The Morgan fingerprint density at radius 3 is 1.70 bits per heavy atom. The first kappa shape index (κ1) is 14.9. The third kappa shape index (κ3) is 3.31. The summed E-state index contributed by atoms with van der Waals surface area (Å²) in [5.41, 5.74) is 0.945. The smallest absolute Gasteiger partial charge is 0.413 e. The van der Waals surface area contributed by atoms with Gasteiger partial charge in [0.15, 0.2) is 0 Å². The molecule has 20 heavy (non-hydrogen) atoms. The number of ether oxygens (including phenoxy) is 1. The van der Waals surface area contributed by atoms with Crippen molar-refractivity contribution in [1.82, 2.24) is 0 Å². The van der Waals surface area contributed by atoms with E-state index in [1.165, 1.54) is 19.2 Å². The molecule has 0 aliphatic carbocycles.